The minimum Gasteiger partial charge on any atom is -0.464 e. The highest BCUT2D eigenvalue weighted by atomic mass is 19.1. The molecule has 0 radical (unpaired) electrons. The molecule has 2 rings (SSSR count). The summed E-state index contributed by atoms with van der Waals surface area (Å²) in [5, 5.41) is 0. The van der Waals surface area contributed by atoms with Crippen molar-refractivity contribution in [2.75, 3.05) is 7.11 Å². The second-order valence-corrected chi connectivity index (χ2v) is 3.52. The second-order valence-electron chi connectivity index (χ2n) is 3.52. The largest absolute Gasteiger partial charge is 0.464 e. The molecule has 0 N–H and O–H groups in total. The lowest BCUT2D eigenvalue weighted by atomic mass is 10.2. The molecule has 2 aromatic heterocycles. The van der Waals surface area contributed by atoms with E-state index < -0.39 is 11.8 Å². The molecule has 2 heterocycles. The molecule has 4 nitrogen and oxygen atoms in total. The smallest absolute Gasteiger partial charge is 0.354 e. The van der Waals surface area contributed by atoms with Crippen LogP contribution in [0.25, 0.3) is 0 Å². The fourth-order valence-corrected chi connectivity index (χ4v) is 1.57. The second kappa shape index (κ2) is 4.78. The zero-order valence-electron chi connectivity index (χ0n) is 9.26. The Balaban J connectivity index is 2.30. The molecule has 0 saturated heterocycles. The predicted octanol–water partition coefficient (Wildman–Crippen LogP) is 1.86. The highest BCUT2D eigenvalue weighted by Crippen LogP contribution is 2.11. The molecule has 88 valence electrons. The zero-order valence-corrected chi connectivity index (χ0v) is 9.26. The molecular weight excluding hydrogens is 223 g/mol. The molecule has 0 fully saturated rings. The van der Waals surface area contributed by atoms with Gasteiger partial charge < -0.3 is 9.30 Å². The lowest BCUT2D eigenvalue weighted by molar-refractivity contribution is 0.0589. The van der Waals surface area contributed by atoms with Crippen LogP contribution in [0, 0.1) is 5.82 Å². The van der Waals surface area contributed by atoms with Crippen LogP contribution in [0.15, 0.2) is 36.8 Å². The van der Waals surface area contributed by atoms with E-state index in [-0.39, 0.29) is 5.69 Å². The van der Waals surface area contributed by atoms with Gasteiger partial charge >= 0.3 is 5.97 Å². The van der Waals surface area contributed by atoms with Gasteiger partial charge in [0.25, 0.3) is 0 Å². The van der Waals surface area contributed by atoms with Gasteiger partial charge in [-0.3, -0.25) is 4.98 Å². The minimum atomic E-state index is -0.553. The summed E-state index contributed by atoms with van der Waals surface area (Å²) in [6, 6.07) is 4.77. The number of ether oxygens (including phenoxy) is 1. The Morgan fingerprint density at radius 3 is 2.82 bits per heavy atom. The quantitative estimate of drug-likeness (QED) is 0.761. The van der Waals surface area contributed by atoms with Gasteiger partial charge in [-0.15, -0.1) is 0 Å². The molecule has 2 aromatic rings. The average molecular weight is 234 g/mol. The molecule has 0 unspecified atom stereocenters. The van der Waals surface area contributed by atoms with Crippen LogP contribution in [0.1, 0.15) is 16.1 Å². The molecule has 0 bridgehead atoms. The summed E-state index contributed by atoms with van der Waals surface area (Å²) in [6.45, 7) is 0.400. The first-order valence-electron chi connectivity index (χ1n) is 5.03. The molecule has 0 aliphatic rings. The molecule has 5 heteroatoms. The lowest BCUT2D eigenvalue weighted by Crippen LogP contribution is -2.10. The molecule has 0 aliphatic carbocycles. The normalized spacial score (nSPS) is 10.2. The average Bonchev–Trinajstić information content (AvgIpc) is 2.70. The molecule has 0 saturated carbocycles. The van der Waals surface area contributed by atoms with Gasteiger partial charge in [-0.25, -0.2) is 9.18 Å². The van der Waals surface area contributed by atoms with Crippen LogP contribution in [-0.4, -0.2) is 22.6 Å². The third-order valence-electron chi connectivity index (χ3n) is 2.36. The van der Waals surface area contributed by atoms with Crippen LogP contribution >= 0.6 is 0 Å². The fourth-order valence-electron chi connectivity index (χ4n) is 1.57. The number of methoxy groups -OCH3 is 1. The Morgan fingerprint density at radius 1 is 1.47 bits per heavy atom. The standard InChI is InChI=1S/C12H11FN2O2/c1-17-12(16)11-6-10(13)8-15(11)7-9-2-4-14-5-3-9/h2-6,8H,7H2,1H3. The topological polar surface area (TPSA) is 44.1 Å². The van der Waals surface area contributed by atoms with Crippen LogP contribution in [0.3, 0.4) is 0 Å². The molecule has 0 amide bonds. The fraction of sp³-hybridized carbons (Fsp3) is 0.167. The van der Waals surface area contributed by atoms with Crippen molar-refractivity contribution in [1.29, 1.82) is 0 Å². The van der Waals surface area contributed by atoms with Crippen molar-refractivity contribution >= 4 is 5.97 Å². The van der Waals surface area contributed by atoms with Crippen molar-refractivity contribution in [3.8, 4) is 0 Å². The summed E-state index contributed by atoms with van der Waals surface area (Å²) >= 11 is 0. The van der Waals surface area contributed by atoms with Crippen molar-refractivity contribution in [2.45, 2.75) is 6.54 Å². The van der Waals surface area contributed by atoms with E-state index in [1.54, 1.807) is 24.5 Å². The summed E-state index contributed by atoms with van der Waals surface area (Å²) in [4.78, 5) is 15.3. The SMILES string of the molecule is COC(=O)c1cc(F)cn1Cc1ccncc1. The van der Waals surface area contributed by atoms with E-state index in [4.69, 9.17) is 0 Å². The summed E-state index contributed by atoms with van der Waals surface area (Å²) < 4.78 is 19.2. The van der Waals surface area contributed by atoms with Gasteiger partial charge in [0, 0.05) is 31.2 Å². The van der Waals surface area contributed by atoms with E-state index in [0.29, 0.717) is 6.54 Å². The highest BCUT2D eigenvalue weighted by Gasteiger charge is 2.14. The number of halogens is 1. The monoisotopic (exact) mass is 234 g/mol. The first-order chi connectivity index (χ1) is 8.20. The number of hydrogen-bond donors (Lipinski definition) is 0. The van der Waals surface area contributed by atoms with Gasteiger partial charge in [-0.05, 0) is 17.7 Å². The number of aromatic nitrogens is 2. The van der Waals surface area contributed by atoms with Crippen LogP contribution in [0.4, 0.5) is 4.39 Å². The van der Waals surface area contributed by atoms with Crippen molar-refractivity contribution < 1.29 is 13.9 Å². The molecule has 0 atom stereocenters. The number of rotatable bonds is 3. The minimum absolute atomic E-state index is 0.196. The Bertz CT molecular complexity index is 523. The van der Waals surface area contributed by atoms with Gasteiger partial charge in [0.15, 0.2) is 0 Å². The summed E-state index contributed by atoms with van der Waals surface area (Å²) in [5.74, 6) is -1.01. The summed E-state index contributed by atoms with van der Waals surface area (Å²) in [5.41, 5.74) is 1.13. The lowest BCUT2D eigenvalue weighted by Gasteiger charge is -2.06. The molecule has 0 spiro atoms. The first kappa shape index (κ1) is 11.3. The van der Waals surface area contributed by atoms with Crippen LogP contribution < -0.4 is 0 Å². The Labute approximate surface area is 97.7 Å². The number of nitrogens with zero attached hydrogens (tertiary/aromatic N) is 2. The number of carbonyl (C=O) groups excluding carboxylic acids is 1. The Morgan fingerprint density at radius 2 is 2.18 bits per heavy atom. The highest BCUT2D eigenvalue weighted by molar-refractivity contribution is 5.87. The molecule has 0 aliphatic heterocycles. The number of hydrogen-bond acceptors (Lipinski definition) is 3. The van der Waals surface area contributed by atoms with Crippen molar-refractivity contribution in [2.24, 2.45) is 0 Å². The van der Waals surface area contributed by atoms with Gasteiger partial charge in [-0.1, -0.05) is 0 Å². The number of carbonyl (C=O) groups is 1. The maximum absolute atomic E-state index is 13.1. The maximum Gasteiger partial charge on any atom is 0.354 e. The van der Waals surface area contributed by atoms with Gasteiger partial charge in [-0.2, -0.15) is 0 Å². The van der Waals surface area contributed by atoms with E-state index in [9.17, 15) is 9.18 Å². The predicted molar refractivity (Wildman–Crippen MR) is 59.1 cm³/mol. The summed E-state index contributed by atoms with van der Waals surface area (Å²) in [6.07, 6.45) is 4.56. The Hall–Kier alpha value is -2.17. The van der Waals surface area contributed by atoms with Gasteiger partial charge in [0.05, 0.1) is 7.11 Å². The van der Waals surface area contributed by atoms with Gasteiger partial charge in [0.2, 0.25) is 0 Å². The van der Waals surface area contributed by atoms with Crippen molar-refractivity contribution in [3.63, 3.8) is 0 Å². The van der Waals surface area contributed by atoms with E-state index >= 15 is 0 Å². The molecule has 17 heavy (non-hydrogen) atoms. The molecular formula is C12H11FN2O2. The third kappa shape index (κ3) is 2.50. The van der Waals surface area contributed by atoms with Crippen LogP contribution in [-0.2, 0) is 11.3 Å². The van der Waals surface area contributed by atoms with Crippen molar-refractivity contribution in [3.05, 3.63) is 53.9 Å². The zero-order chi connectivity index (χ0) is 12.3. The summed E-state index contributed by atoms with van der Waals surface area (Å²) in [7, 11) is 1.27. The van der Waals surface area contributed by atoms with Gasteiger partial charge in [0.1, 0.15) is 11.5 Å². The van der Waals surface area contributed by atoms with E-state index in [1.165, 1.54) is 17.9 Å². The van der Waals surface area contributed by atoms with E-state index in [0.717, 1.165) is 11.6 Å². The van der Waals surface area contributed by atoms with E-state index in [2.05, 4.69) is 9.72 Å². The third-order valence-corrected chi connectivity index (χ3v) is 2.36. The van der Waals surface area contributed by atoms with E-state index in [1.807, 2.05) is 0 Å². The van der Waals surface area contributed by atoms with Crippen molar-refractivity contribution in [1.82, 2.24) is 9.55 Å². The van der Waals surface area contributed by atoms with Crippen LogP contribution in [0.5, 0.6) is 0 Å². The Kier molecular flexibility index (Phi) is 3.18. The number of esters is 1. The maximum atomic E-state index is 13.1. The first-order valence-corrected chi connectivity index (χ1v) is 5.03. The molecule has 0 aromatic carbocycles. The van der Waals surface area contributed by atoms with Crippen LogP contribution in [0.2, 0.25) is 0 Å². The number of pyridine rings is 1.